The van der Waals surface area contributed by atoms with Gasteiger partial charge in [0.2, 0.25) is 0 Å². The summed E-state index contributed by atoms with van der Waals surface area (Å²) in [7, 11) is 0. The number of para-hydroxylation sites is 2. The Morgan fingerprint density at radius 3 is 2.84 bits per heavy atom. The summed E-state index contributed by atoms with van der Waals surface area (Å²) in [4.78, 5) is 22.9. The Bertz CT molecular complexity index is 1010. The fourth-order valence-corrected chi connectivity index (χ4v) is 4.16. The zero-order valence-electron chi connectivity index (χ0n) is 13.2. The van der Waals surface area contributed by atoms with E-state index in [1.54, 1.807) is 22.3 Å². The van der Waals surface area contributed by atoms with Crippen molar-refractivity contribution in [1.29, 1.82) is 0 Å². The molecule has 3 aromatic heterocycles. The van der Waals surface area contributed by atoms with Gasteiger partial charge in [-0.05, 0) is 30.5 Å². The maximum absolute atomic E-state index is 12.8. The summed E-state index contributed by atoms with van der Waals surface area (Å²) in [5, 5.41) is 9.95. The quantitative estimate of drug-likeness (QED) is 0.591. The fraction of sp³-hybridized carbons (Fsp3) is 0.0588. The molecule has 8 heteroatoms. The molecule has 0 aliphatic heterocycles. The highest BCUT2D eigenvalue weighted by atomic mass is 32.1. The predicted molar refractivity (Wildman–Crippen MR) is 99.5 cm³/mol. The number of carbonyl (C=O) groups is 1. The summed E-state index contributed by atoms with van der Waals surface area (Å²) >= 11 is 3.01. The third-order valence-electron chi connectivity index (χ3n) is 3.55. The molecule has 0 aliphatic carbocycles. The van der Waals surface area contributed by atoms with Crippen LogP contribution in [0.4, 0.5) is 5.69 Å². The lowest BCUT2D eigenvalue weighted by atomic mass is 10.2. The Morgan fingerprint density at radius 1 is 1.20 bits per heavy atom. The molecular formula is C17H13N5OS2. The minimum Gasteiger partial charge on any atom is -0.319 e. The lowest BCUT2D eigenvalue weighted by Crippen LogP contribution is -2.13. The van der Waals surface area contributed by atoms with E-state index in [1.165, 1.54) is 17.7 Å². The Morgan fingerprint density at radius 2 is 2.08 bits per heavy atom. The number of aryl methyl sites for hydroxylation is 1. The highest BCUT2D eigenvalue weighted by Crippen LogP contribution is 2.31. The first-order chi connectivity index (χ1) is 12.2. The van der Waals surface area contributed by atoms with Crippen LogP contribution in [0, 0.1) is 6.92 Å². The van der Waals surface area contributed by atoms with Crippen LogP contribution in [0.25, 0.3) is 15.6 Å². The molecule has 1 N–H and O–H groups in total. The van der Waals surface area contributed by atoms with Gasteiger partial charge in [-0.3, -0.25) is 4.79 Å². The maximum atomic E-state index is 12.8. The molecular weight excluding hydrogens is 354 g/mol. The molecule has 0 fully saturated rings. The number of carbonyl (C=O) groups excluding carboxylic acids is 1. The summed E-state index contributed by atoms with van der Waals surface area (Å²) in [6.45, 7) is 1.85. The van der Waals surface area contributed by atoms with Crippen molar-refractivity contribution >= 4 is 34.3 Å². The summed E-state index contributed by atoms with van der Waals surface area (Å²) in [5.41, 5.74) is 2.15. The molecule has 1 aromatic carbocycles. The zero-order valence-corrected chi connectivity index (χ0v) is 14.8. The van der Waals surface area contributed by atoms with Crippen LogP contribution in [-0.4, -0.2) is 25.7 Å². The molecule has 6 nitrogen and oxygen atoms in total. The third-order valence-corrected chi connectivity index (χ3v) is 5.75. The molecule has 3 heterocycles. The predicted octanol–water partition coefficient (Wildman–Crippen LogP) is 4.01. The number of aromatic nitrogens is 4. The van der Waals surface area contributed by atoms with Crippen LogP contribution in [0.2, 0.25) is 0 Å². The lowest BCUT2D eigenvalue weighted by Gasteiger charge is -2.10. The van der Waals surface area contributed by atoms with E-state index in [2.05, 4.69) is 20.4 Å². The number of rotatable bonds is 4. The molecule has 1 amide bonds. The van der Waals surface area contributed by atoms with E-state index in [0.29, 0.717) is 10.6 Å². The number of thiophene rings is 1. The van der Waals surface area contributed by atoms with Gasteiger partial charge in [0.25, 0.3) is 5.91 Å². The molecule has 0 spiro atoms. The van der Waals surface area contributed by atoms with Gasteiger partial charge < -0.3 is 5.32 Å². The van der Waals surface area contributed by atoms with Crippen LogP contribution in [0.15, 0.2) is 54.4 Å². The van der Waals surface area contributed by atoms with Crippen molar-refractivity contribution in [2.45, 2.75) is 6.92 Å². The van der Waals surface area contributed by atoms with Crippen LogP contribution in [0.5, 0.6) is 0 Å². The van der Waals surface area contributed by atoms with Gasteiger partial charge in [-0.25, -0.2) is 14.6 Å². The molecule has 25 heavy (non-hydrogen) atoms. The summed E-state index contributed by atoms with van der Waals surface area (Å²) < 4.78 is 1.62. The van der Waals surface area contributed by atoms with Crippen LogP contribution in [0.3, 0.4) is 0 Å². The topological polar surface area (TPSA) is 72.7 Å². The van der Waals surface area contributed by atoms with Crippen LogP contribution < -0.4 is 5.32 Å². The van der Waals surface area contributed by atoms with Crippen molar-refractivity contribution in [3.8, 4) is 15.6 Å². The number of hydrogen-bond acceptors (Lipinski definition) is 6. The summed E-state index contributed by atoms with van der Waals surface area (Å²) in [6, 6.07) is 11.5. The van der Waals surface area contributed by atoms with Crippen molar-refractivity contribution in [2.24, 2.45) is 0 Å². The second-order valence-corrected chi connectivity index (χ2v) is 7.17. The van der Waals surface area contributed by atoms with Gasteiger partial charge in [-0.15, -0.1) is 22.7 Å². The average molecular weight is 367 g/mol. The summed E-state index contributed by atoms with van der Waals surface area (Å²) in [6.07, 6.45) is 3.05. The van der Waals surface area contributed by atoms with Gasteiger partial charge in [-0.2, -0.15) is 5.10 Å². The number of thiazole rings is 1. The molecule has 0 saturated heterocycles. The Balaban J connectivity index is 1.64. The molecule has 0 radical (unpaired) electrons. The van der Waals surface area contributed by atoms with E-state index >= 15 is 0 Å². The number of amides is 1. The van der Waals surface area contributed by atoms with Crippen molar-refractivity contribution in [3.05, 3.63) is 65.0 Å². The van der Waals surface area contributed by atoms with E-state index in [9.17, 15) is 4.79 Å². The lowest BCUT2D eigenvalue weighted by molar-refractivity contribution is 0.103. The Labute approximate surface area is 151 Å². The SMILES string of the molecule is Cc1nc(-c2cccs2)sc1C(=O)Nc1ccccc1-n1cncn1. The highest BCUT2D eigenvalue weighted by molar-refractivity contribution is 7.22. The van der Waals surface area contributed by atoms with Crippen LogP contribution in [0.1, 0.15) is 15.4 Å². The zero-order chi connectivity index (χ0) is 17.2. The first-order valence-corrected chi connectivity index (χ1v) is 9.18. The average Bonchev–Trinajstić information content (AvgIpc) is 3.37. The molecule has 4 aromatic rings. The molecule has 4 rings (SSSR count). The van der Waals surface area contributed by atoms with Crippen LogP contribution in [-0.2, 0) is 0 Å². The normalized spacial score (nSPS) is 10.8. The maximum Gasteiger partial charge on any atom is 0.267 e. The van der Waals surface area contributed by atoms with Crippen molar-refractivity contribution in [3.63, 3.8) is 0 Å². The molecule has 0 aliphatic rings. The highest BCUT2D eigenvalue weighted by Gasteiger charge is 2.18. The molecule has 124 valence electrons. The largest absolute Gasteiger partial charge is 0.319 e. The number of nitrogens with one attached hydrogen (secondary N) is 1. The molecule has 0 saturated carbocycles. The second-order valence-electron chi connectivity index (χ2n) is 5.22. The van der Waals surface area contributed by atoms with Crippen LogP contribution >= 0.6 is 22.7 Å². The number of benzene rings is 1. The number of anilines is 1. The van der Waals surface area contributed by atoms with Gasteiger partial charge >= 0.3 is 0 Å². The Hall–Kier alpha value is -2.84. The van der Waals surface area contributed by atoms with Crippen molar-refractivity contribution in [1.82, 2.24) is 19.7 Å². The number of hydrogen-bond donors (Lipinski definition) is 1. The van der Waals surface area contributed by atoms with E-state index < -0.39 is 0 Å². The smallest absolute Gasteiger partial charge is 0.267 e. The number of nitrogens with zero attached hydrogens (tertiary/aromatic N) is 4. The minimum atomic E-state index is -0.176. The van der Waals surface area contributed by atoms with Crippen molar-refractivity contribution in [2.75, 3.05) is 5.32 Å². The van der Waals surface area contributed by atoms with E-state index in [-0.39, 0.29) is 5.91 Å². The third kappa shape index (κ3) is 3.09. The first-order valence-electron chi connectivity index (χ1n) is 7.49. The second kappa shape index (κ2) is 6.58. The van der Waals surface area contributed by atoms with E-state index in [1.807, 2.05) is 48.7 Å². The van der Waals surface area contributed by atoms with Gasteiger partial charge in [-0.1, -0.05) is 18.2 Å². The minimum absolute atomic E-state index is 0.176. The van der Waals surface area contributed by atoms with Gasteiger partial charge in [0, 0.05) is 0 Å². The molecule has 0 atom stereocenters. The van der Waals surface area contributed by atoms with Gasteiger partial charge in [0.1, 0.15) is 22.5 Å². The molecule has 0 bridgehead atoms. The first kappa shape index (κ1) is 15.7. The monoisotopic (exact) mass is 367 g/mol. The van der Waals surface area contributed by atoms with E-state index in [4.69, 9.17) is 0 Å². The van der Waals surface area contributed by atoms with Crippen molar-refractivity contribution < 1.29 is 4.79 Å². The summed E-state index contributed by atoms with van der Waals surface area (Å²) in [5.74, 6) is -0.176. The standard InChI is InChI=1S/C17H13N5OS2/c1-11-15(25-17(20-11)14-7-4-8-24-14)16(23)21-12-5-2-3-6-13(12)22-10-18-9-19-22/h2-10H,1H3,(H,21,23). The van der Waals surface area contributed by atoms with Gasteiger partial charge in [0.15, 0.2) is 0 Å². The Kier molecular flexibility index (Phi) is 4.12. The fourth-order valence-electron chi connectivity index (χ4n) is 2.40. The molecule has 0 unspecified atom stereocenters. The van der Waals surface area contributed by atoms with E-state index in [0.717, 1.165) is 21.3 Å². The van der Waals surface area contributed by atoms with Gasteiger partial charge in [0.05, 0.1) is 21.9 Å².